The number of rotatable bonds is 5. The van der Waals surface area contributed by atoms with Crippen LogP contribution in [0.25, 0.3) is 0 Å². The summed E-state index contributed by atoms with van der Waals surface area (Å²) in [6.07, 6.45) is 1.77. The average molecular weight is 256 g/mol. The maximum absolute atomic E-state index is 5.39. The highest BCUT2D eigenvalue weighted by Gasteiger charge is 2.08. The van der Waals surface area contributed by atoms with Crippen LogP contribution in [0.15, 0.2) is 42.6 Å². The summed E-state index contributed by atoms with van der Waals surface area (Å²) in [7, 11) is 0. The van der Waals surface area contributed by atoms with Crippen molar-refractivity contribution in [2.75, 3.05) is 16.9 Å². The lowest BCUT2D eigenvalue weighted by Crippen LogP contribution is -2.23. The van der Waals surface area contributed by atoms with Crippen molar-refractivity contribution in [1.29, 1.82) is 0 Å². The monoisotopic (exact) mass is 256 g/mol. The molecule has 0 saturated carbocycles. The zero-order valence-corrected chi connectivity index (χ0v) is 11.4. The Morgan fingerprint density at radius 2 is 2.05 bits per heavy atom. The van der Waals surface area contributed by atoms with E-state index in [2.05, 4.69) is 53.4 Å². The second-order valence-electron chi connectivity index (χ2n) is 4.49. The smallest absolute Gasteiger partial charge is 0.140 e. The van der Waals surface area contributed by atoms with E-state index in [1.54, 1.807) is 6.20 Å². The normalized spacial score (nSPS) is 10.3. The Bertz CT molecular complexity index is 539. The number of hydrogen-bond acceptors (Lipinski definition) is 4. The Kier molecular flexibility index (Phi) is 4.36. The van der Waals surface area contributed by atoms with Crippen LogP contribution in [0.1, 0.15) is 18.1 Å². The second kappa shape index (κ2) is 6.20. The zero-order chi connectivity index (χ0) is 13.7. The molecule has 19 heavy (non-hydrogen) atoms. The molecular formula is C15H20N4. The van der Waals surface area contributed by atoms with Gasteiger partial charge in [-0.15, -0.1) is 0 Å². The van der Waals surface area contributed by atoms with Gasteiger partial charge < -0.3 is 10.3 Å². The average Bonchev–Trinajstić information content (AvgIpc) is 2.46. The van der Waals surface area contributed by atoms with Gasteiger partial charge in [0.2, 0.25) is 0 Å². The Labute approximate surface area is 114 Å². The topological polar surface area (TPSA) is 54.2 Å². The SMILES string of the molecule is CCN(Cc1ccnc(NN)c1)c1ccccc1C. The Hall–Kier alpha value is -2.07. The minimum Gasteiger partial charge on any atom is -0.367 e. The first kappa shape index (κ1) is 13.4. The van der Waals surface area contributed by atoms with Gasteiger partial charge in [-0.25, -0.2) is 10.8 Å². The Balaban J connectivity index is 2.21. The van der Waals surface area contributed by atoms with E-state index in [1.165, 1.54) is 16.8 Å². The molecule has 0 aliphatic heterocycles. The molecular weight excluding hydrogens is 236 g/mol. The minimum absolute atomic E-state index is 0.693. The van der Waals surface area contributed by atoms with E-state index in [4.69, 9.17) is 5.84 Å². The first-order valence-electron chi connectivity index (χ1n) is 6.46. The zero-order valence-electron chi connectivity index (χ0n) is 11.4. The number of nitrogen functional groups attached to an aromatic ring is 1. The molecule has 2 aromatic rings. The van der Waals surface area contributed by atoms with Crippen LogP contribution in [-0.2, 0) is 6.54 Å². The van der Waals surface area contributed by atoms with Crippen LogP contribution >= 0.6 is 0 Å². The molecule has 0 fully saturated rings. The second-order valence-corrected chi connectivity index (χ2v) is 4.49. The summed E-state index contributed by atoms with van der Waals surface area (Å²) in [6.45, 7) is 6.10. The van der Waals surface area contributed by atoms with Gasteiger partial charge in [-0.05, 0) is 43.2 Å². The Morgan fingerprint density at radius 1 is 1.26 bits per heavy atom. The number of hydrazine groups is 1. The predicted molar refractivity (Wildman–Crippen MR) is 80.0 cm³/mol. The largest absolute Gasteiger partial charge is 0.367 e. The van der Waals surface area contributed by atoms with Crippen molar-refractivity contribution in [2.24, 2.45) is 5.84 Å². The van der Waals surface area contributed by atoms with Gasteiger partial charge in [0.15, 0.2) is 0 Å². The van der Waals surface area contributed by atoms with E-state index in [0.717, 1.165) is 13.1 Å². The molecule has 0 saturated heterocycles. The van der Waals surface area contributed by atoms with Gasteiger partial charge >= 0.3 is 0 Å². The van der Waals surface area contributed by atoms with Crippen LogP contribution in [0.2, 0.25) is 0 Å². The van der Waals surface area contributed by atoms with Crippen molar-refractivity contribution in [3.63, 3.8) is 0 Å². The van der Waals surface area contributed by atoms with Gasteiger partial charge in [-0.1, -0.05) is 18.2 Å². The highest BCUT2D eigenvalue weighted by atomic mass is 15.2. The van der Waals surface area contributed by atoms with Crippen molar-refractivity contribution in [1.82, 2.24) is 4.98 Å². The highest BCUT2D eigenvalue weighted by Crippen LogP contribution is 2.21. The fourth-order valence-electron chi connectivity index (χ4n) is 2.16. The molecule has 0 amide bonds. The van der Waals surface area contributed by atoms with E-state index < -0.39 is 0 Å². The number of benzene rings is 1. The molecule has 1 aromatic carbocycles. The Morgan fingerprint density at radius 3 is 2.74 bits per heavy atom. The lowest BCUT2D eigenvalue weighted by Gasteiger charge is -2.25. The molecule has 0 aliphatic carbocycles. The van der Waals surface area contributed by atoms with E-state index in [-0.39, 0.29) is 0 Å². The van der Waals surface area contributed by atoms with Crippen molar-refractivity contribution in [2.45, 2.75) is 20.4 Å². The van der Waals surface area contributed by atoms with E-state index >= 15 is 0 Å². The molecule has 1 aromatic heterocycles. The van der Waals surface area contributed by atoms with Crippen LogP contribution in [0.3, 0.4) is 0 Å². The van der Waals surface area contributed by atoms with Gasteiger partial charge in [0.05, 0.1) is 0 Å². The number of anilines is 2. The number of hydrogen-bond donors (Lipinski definition) is 2. The number of pyridine rings is 1. The van der Waals surface area contributed by atoms with Gasteiger partial charge in [0, 0.05) is 25.0 Å². The molecule has 0 unspecified atom stereocenters. The van der Waals surface area contributed by atoms with Crippen molar-refractivity contribution in [3.05, 3.63) is 53.7 Å². The molecule has 4 heteroatoms. The van der Waals surface area contributed by atoms with Crippen molar-refractivity contribution in [3.8, 4) is 0 Å². The number of nitrogens with zero attached hydrogens (tertiary/aromatic N) is 2. The van der Waals surface area contributed by atoms with Crippen molar-refractivity contribution >= 4 is 11.5 Å². The molecule has 0 aliphatic rings. The van der Waals surface area contributed by atoms with Crippen LogP contribution in [-0.4, -0.2) is 11.5 Å². The van der Waals surface area contributed by atoms with Gasteiger partial charge in [-0.2, -0.15) is 0 Å². The van der Waals surface area contributed by atoms with E-state index in [9.17, 15) is 0 Å². The first-order valence-corrected chi connectivity index (χ1v) is 6.46. The summed E-state index contributed by atoms with van der Waals surface area (Å²) >= 11 is 0. The lowest BCUT2D eigenvalue weighted by molar-refractivity contribution is 0.826. The van der Waals surface area contributed by atoms with Gasteiger partial charge in [-0.3, -0.25) is 0 Å². The summed E-state index contributed by atoms with van der Waals surface area (Å²) in [5, 5.41) is 0. The summed E-state index contributed by atoms with van der Waals surface area (Å²) in [5.41, 5.74) is 6.32. The fourth-order valence-corrected chi connectivity index (χ4v) is 2.16. The van der Waals surface area contributed by atoms with Crippen LogP contribution in [0.4, 0.5) is 11.5 Å². The summed E-state index contributed by atoms with van der Waals surface area (Å²) < 4.78 is 0. The third kappa shape index (κ3) is 3.23. The summed E-state index contributed by atoms with van der Waals surface area (Å²) in [4.78, 5) is 6.46. The van der Waals surface area contributed by atoms with Crippen molar-refractivity contribution < 1.29 is 0 Å². The maximum atomic E-state index is 5.39. The molecule has 0 bridgehead atoms. The molecule has 100 valence electrons. The first-order chi connectivity index (χ1) is 9.24. The molecule has 0 atom stereocenters. The molecule has 4 nitrogen and oxygen atoms in total. The number of para-hydroxylation sites is 1. The maximum Gasteiger partial charge on any atom is 0.140 e. The van der Waals surface area contributed by atoms with Gasteiger partial charge in [0.1, 0.15) is 5.82 Å². The number of nitrogens with two attached hydrogens (primary N) is 1. The predicted octanol–water partition coefficient (Wildman–Crippen LogP) is 2.70. The standard InChI is InChI=1S/C15H20N4/c1-3-19(14-7-5-4-6-12(14)2)11-13-8-9-17-15(10-13)18-16/h4-10H,3,11,16H2,1-2H3,(H,17,18). The summed E-state index contributed by atoms with van der Waals surface area (Å²) in [6, 6.07) is 12.4. The van der Waals surface area contributed by atoms with Crippen LogP contribution in [0.5, 0.6) is 0 Å². The minimum atomic E-state index is 0.693. The molecule has 0 radical (unpaired) electrons. The third-order valence-electron chi connectivity index (χ3n) is 3.18. The number of aryl methyl sites for hydroxylation is 1. The quantitative estimate of drug-likeness (QED) is 0.638. The molecule has 2 rings (SSSR count). The fraction of sp³-hybridized carbons (Fsp3) is 0.267. The van der Waals surface area contributed by atoms with Gasteiger partial charge in [0.25, 0.3) is 0 Å². The number of aromatic nitrogens is 1. The lowest BCUT2D eigenvalue weighted by atomic mass is 10.1. The van der Waals surface area contributed by atoms with Crippen LogP contribution < -0.4 is 16.2 Å². The molecule has 1 heterocycles. The van der Waals surface area contributed by atoms with E-state index in [1.807, 2.05) is 12.1 Å². The molecule has 3 N–H and O–H groups in total. The summed E-state index contributed by atoms with van der Waals surface area (Å²) in [5.74, 6) is 6.08. The van der Waals surface area contributed by atoms with Crippen LogP contribution in [0, 0.1) is 6.92 Å². The van der Waals surface area contributed by atoms with E-state index in [0.29, 0.717) is 5.82 Å². The third-order valence-corrected chi connectivity index (χ3v) is 3.18. The molecule has 0 spiro atoms. The number of nitrogens with one attached hydrogen (secondary N) is 1. The highest BCUT2D eigenvalue weighted by molar-refractivity contribution is 5.53.